The van der Waals surface area contributed by atoms with E-state index in [0.29, 0.717) is 5.69 Å². The Labute approximate surface area is 148 Å². The maximum Gasteiger partial charge on any atom is 0.276 e. The van der Waals surface area contributed by atoms with E-state index in [4.69, 9.17) is 0 Å². The topological polar surface area (TPSA) is 46.9 Å². The molecule has 1 amide bonds. The Balaban J connectivity index is 1.92. The fourth-order valence-electron chi connectivity index (χ4n) is 3.23. The van der Waals surface area contributed by atoms with E-state index in [9.17, 15) is 4.79 Å². The zero-order valence-electron chi connectivity index (χ0n) is 15.3. The number of benzene rings is 2. The third kappa shape index (κ3) is 3.48. The third-order valence-corrected chi connectivity index (χ3v) is 4.36. The minimum absolute atomic E-state index is 0.201. The van der Waals surface area contributed by atoms with Crippen molar-refractivity contribution in [3.05, 3.63) is 70.4 Å². The van der Waals surface area contributed by atoms with Crippen molar-refractivity contribution in [1.82, 2.24) is 9.78 Å². The fraction of sp³-hybridized carbons (Fsp3) is 0.238. The van der Waals surface area contributed by atoms with Crippen LogP contribution in [-0.2, 0) is 7.05 Å². The summed E-state index contributed by atoms with van der Waals surface area (Å²) in [4.78, 5) is 12.5. The predicted octanol–water partition coefficient (Wildman–Crippen LogP) is 4.57. The summed E-state index contributed by atoms with van der Waals surface area (Å²) >= 11 is 0. The van der Waals surface area contributed by atoms with E-state index in [-0.39, 0.29) is 5.91 Å². The Bertz CT molecular complexity index is 913. The van der Waals surface area contributed by atoms with E-state index in [1.54, 1.807) is 4.68 Å². The Morgan fingerprint density at radius 2 is 1.52 bits per heavy atom. The second kappa shape index (κ2) is 6.55. The van der Waals surface area contributed by atoms with Crippen molar-refractivity contribution in [2.24, 2.45) is 7.05 Å². The molecule has 0 aliphatic heterocycles. The number of carbonyl (C=O) groups is 1. The fourth-order valence-corrected chi connectivity index (χ4v) is 3.23. The van der Waals surface area contributed by atoms with Gasteiger partial charge in [0.1, 0.15) is 0 Å². The first-order valence-electron chi connectivity index (χ1n) is 8.35. The van der Waals surface area contributed by atoms with Crippen LogP contribution >= 0.6 is 0 Å². The first-order valence-corrected chi connectivity index (χ1v) is 8.35. The number of aryl methyl sites for hydroxylation is 5. The SMILES string of the molecule is Cc1ccc(NC(=O)c2cc(-c3c(C)cc(C)cc3C)n(C)n2)cc1. The molecule has 0 spiro atoms. The maximum atomic E-state index is 12.5. The molecule has 0 bridgehead atoms. The van der Waals surface area contributed by atoms with Crippen LogP contribution in [0.15, 0.2) is 42.5 Å². The summed E-state index contributed by atoms with van der Waals surface area (Å²) in [6.45, 7) is 8.29. The van der Waals surface area contributed by atoms with Gasteiger partial charge in [-0.2, -0.15) is 5.10 Å². The second-order valence-electron chi connectivity index (χ2n) is 6.63. The van der Waals surface area contributed by atoms with Gasteiger partial charge in [-0.25, -0.2) is 0 Å². The zero-order chi connectivity index (χ0) is 18.1. The van der Waals surface area contributed by atoms with Crippen molar-refractivity contribution in [1.29, 1.82) is 0 Å². The van der Waals surface area contributed by atoms with Crippen molar-refractivity contribution in [3.63, 3.8) is 0 Å². The standard InChI is InChI=1S/C21H23N3O/c1-13-6-8-17(9-7-13)22-21(25)18-12-19(24(5)23-18)20-15(3)10-14(2)11-16(20)4/h6-12H,1-5H3,(H,22,25). The molecule has 3 aromatic rings. The van der Waals surface area contributed by atoms with Crippen LogP contribution in [0.5, 0.6) is 0 Å². The van der Waals surface area contributed by atoms with E-state index < -0.39 is 0 Å². The lowest BCUT2D eigenvalue weighted by molar-refractivity contribution is 0.102. The van der Waals surface area contributed by atoms with Crippen LogP contribution in [0.3, 0.4) is 0 Å². The van der Waals surface area contributed by atoms with E-state index in [2.05, 4.69) is 43.3 Å². The van der Waals surface area contributed by atoms with Gasteiger partial charge in [-0.3, -0.25) is 9.48 Å². The summed E-state index contributed by atoms with van der Waals surface area (Å²) in [7, 11) is 1.87. The lowest BCUT2D eigenvalue weighted by Crippen LogP contribution is -2.12. The first kappa shape index (κ1) is 17.0. The van der Waals surface area contributed by atoms with Crippen LogP contribution in [0.2, 0.25) is 0 Å². The van der Waals surface area contributed by atoms with Gasteiger partial charge >= 0.3 is 0 Å². The van der Waals surface area contributed by atoms with Gasteiger partial charge in [0.25, 0.3) is 5.91 Å². The highest BCUT2D eigenvalue weighted by Gasteiger charge is 2.17. The molecule has 3 rings (SSSR count). The van der Waals surface area contributed by atoms with Crippen molar-refractivity contribution >= 4 is 11.6 Å². The summed E-state index contributed by atoms with van der Waals surface area (Å²) in [5.74, 6) is -0.201. The number of hydrogen-bond donors (Lipinski definition) is 1. The van der Waals surface area contributed by atoms with Crippen LogP contribution in [-0.4, -0.2) is 15.7 Å². The molecule has 0 unspecified atom stereocenters. The molecule has 4 nitrogen and oxygen atoms in total. The first-order chi connectivity index (χ1) is 11.8. The summed E-state index contributed by atoms with van der Waals surface area (Å²) in [5.41, 5.74) is 8.03. The number of aromatic nitrogens is 2. The van der Waals surface area contributed by atoms with Gasteiger partial charge in [-0.15, -0.1) is 0 Å². The summed E-state index contributed by atoms with van der Waals surface area (Å²) in [6, 6.07) is 13.9. The Kier molecular flexibility index (Phi) is 4.45. The second-order valence-corrected chi connectivity index (χ2v) is 6.63. The lowest BCUT2D eigenvalue weighted by atomic mass is 9.97. The molecule has 0 fully saturated rings. The molecule has 2 aromatic carbocycles. The predicted molar refractivity (Wildman–Crippen MR) is 102 cm³/mol. The van der Waals surface area contributed by atoms with Crippen molar-refractivity contribution < 1.29 is 4.79 Å². The number of nitrogens with zero attached hydrogens (tertiary/aromatic N) is 2. The summed E-state index contributed by atoms with van der Waals surface area (Å²) < 4.78 is 1.77. The quantitative estimate of drug-likeness (QED) is 0.763. The van der Waals surface area contributed by atoms with E-state index >= 15 is 0 Å². The molecule has 4 heteroatoms. The highest BCUT2D eigenvalue weighted by Crippen LogP contribution is 2.28. The Hall–Kier alpha value is -2.88. The van der Waals surface area contributed by atoms with Gasteiger partial charge in [0.2, 0.25) is 0 Å². The zero-order valence-corrected chi connectivity index (χ0v) is 15.3. The smallest absolute Gasteiger partial charge is 0.276 e. The minimum Gasteiger partial charge on any atom is -0.321 e. The van der Waals surface area contributed by atoms with Gasteiger partial charge < -0.3 is 5.32 Å². The molecule has 0 aliphatic carbocycles. The molecule has 0 radical (unpaired) electrons. The van der Waals surface area contributed by atoms with Crippen LogP contribution in [0, 0.1) is 27.7 Å². The summed E-state index contributed by atoms with van der Waals surface area (Å²) in [6.07, 6.45) is 0. The Morgan fingerprint density at radius 1 is 0.920 bits per heavy atom. The van der Waals surface area contributed by atoms with Gasteiger partial charge in [-0.05, 0) is 57.0 Å². The van der Waals surface area contributed by atoms with Crippen LogP contribution in [0.1, 0.15) is 32.7 Å². The monoisotopic (exact) mass is 333 g/mol. The average Bonchev–Trinajstić information content (AvgIpc) is 2.90. The lowest BCUT2D eigenvalue weighted by Gasteiger charge is -2.11. The van der Waals surface area contributed by atoms with Gasteiger partial charge in [0.15, 0.2) is 5.69 Å². The highest BCUT2D eigenvalue weighted by molar-refractivity contribution is 6.03. The summed E-state index contributed by atoms with van der Waals surface area (Å²) in [5, 5.41) is 7.31. The number of amides is 1. The highest BCUT2D eigenvalue weighted by atomic mass is 16.1. The Morgan fingerprint density at radius 3 is 2.12 bits per heavy atom. The number of anilines is 1. The molecule has 0 saturated heterocycles. The molecule has 128 valence electrons. The molecule has 1 N–H and O–H groups in total. The van der Waals surface area contributed by atoms with Crippen LogP contribution in [0.25, 0.3) is 11.3 Å². The molecule has 1 aromatic heterocycles. The van der Waals surface area contributed by atoms with E-state index in [0.717, 1.165) is 22.5 Å². The van der Waals surface area contributed by atoms with Crippen molar-refractivity contribution in [2.75, 3.05) is 5.32 Å². The normalized spacial score (nSPS) is 10.8. The molecule has 25 heavy (non-hydrogen) atoms. The molecular formula is C21H23N3O. The van der Waals surface area contributed by atoms with Crippen molar-refractivity contribution in [2.45, 2.75) is 27.7 Å². The molecule has 1 heterocycles. The van der Waals surface area contributed by atoms with Gasteiger partial charge in [-0.1, -0.05) is 35.4 Å². The van der Waals surface area contributed by atoms with Crippen molar-refractivity contribution in [3.8, 4) is 11.3 Å². The van der Waals surface area contributed by atoms with E-state index in [1.165, 1.54) is 16.7 Å². The molecule has 0 atom stereocenters. The average molecular weight is 333 g/mol. The third-order valence-electron chi connectivity index (χ3n) is 4.36. The van der Waals surface area contributed by atoms with E-state index in [1.807, 2.05) is 44.3 Å². The molecule has 0 saturated carbocycles. The number of carbonyl (C=O) groups excluding carboxylic acids is 1. The largest absolute Gasteiger partial charge is 0.321 e. The van der Waals surface area contributed by atoms with Crippen LogP contribution in [0.4, 0.5) is 5.69 Å². The maximum absolute atomic E-state index is 12.5. The minimum atomic E-state index is -0.201. The van der Waals surface area contributed by atoms with Gasteiger partial charge in [0, 0.05) is 18.3 Å². The number of hydrogen-bond acceptors (Lipinski definition) is 2. The number of rotatable bonds is 3. The van der Waals surface area contributed by atoms with Gasteiger partial charge in [0.05, 0.1) is 5.69 Å². The number of nitrogens with one attached hydrogen (secondary N) is 1. The van der Waals surface area contributed by atoms with Crippen LogP contribution < -0.4 is 5.32 Å². The molecule has 0 aliphatic rings. The molecular weight excluding hydrogens is 310 g/mol.